The minimum Gasteiger partial charge on any atom is -0.391 e. The summed E-state index contributed by atoms with van der Waals surface area (Å²) >= 11 is 4.57. The van der Waals surface area contributed by atoms with E-state index in [4.69, 9.17) is 5.11 Å². The van der Waals surface area contributed by atoms with Crippen LogP contribution in [0.3, 0.4) is 0 Å². The molecule has 0 unspecified atom stereocenters. The molecular weight excluding hydrogens is 350 g/mol. The maximum absolute atomic E-state index is 12.3. The zero-order valence-electron chi connectivity index (χ0n) is 10.1. The molecule has 0 saturated heterocycles. The van der Waals surface area contributed by atoms with E-state index in [9.17, 15) is 8.42 Å². The Morgan fingerprint density at radius 1 is 1.37 bits per heavy atom. The van der Waals surface area contributed by atoms with Gasteiger partial charge < -0.3 is 5.11 Å². The molecule has 2 aromatic rings. The first-order chi connectivity index (χ1) is 8.95. The lowest BCUT2D eigenvalue weighted by Gasteiger charge is -2.11. The molecule has 2 rings (SSSR count). The second-order valence-electron chi connectivity index (χ2n) is 3.91. The lowest BCUT2D eigenvalue weighted by molar-refractivity contribution is 0.282. The number of hydrogen-bond donors (Lipinski definition) is 2. The monoisotopic (exact) mass is 361 g/mol. The number of anilines is 1. The number of sulfonamides is 1. The molecule has 1 heterocycles. The van der Waals surface area contributed by atoms with Crippen LogP contribution in [0, 0.1) is 6.92 Å². The summed E-state index contributed by atoms with van der Waals surface area (Å²) in [5, 5.41) is 10.8. The summed E-state index contributed by atoms with van der Waals surface area (Å²) < 4.78 is 27.8. The van der Waals surface area contributed by atoms with E-state index in [0.717, 1.165) is 5.56 Å². The standard InChI is InChI=1S/C12H12BrNO3S2/c1-8-3-2-4-9(12(8)13)14-19(16,17)11-5-6-18-10(11)7-15/h2-6,14-15H,7H2,1H3. The van der Waals surface area contributed by atoms with Crippen LogP contribution < -0.4 is 4.72 Å². The molecule has 0 atom stereocenters. The molecule has 0 aliphatic carbocycles. The highest BCUT2D eigenvalue weighted by atomic mass is 79.9. The molecule has 19 heavy (non-hydrogen) atoms. The highest BCUT2D eigenvalue weighted by Gasteiger charge is 2.20. The SMILES string of the molecule is Cc1cccc(NS(=O)(=O)c2ccsc2CO)c1Br. The van der Waals surface area contributed by atoms with E-state index in [1.165, 1.54) is 17.4 Å². The summed E-state index contributed by atoms with van der Waals surface area (Å²) in [7, 11) is -3.68. The van der Waals surface area contributed by atoms with Crippen LogP contribution in [0.1, 0.15) is 10.4 Å². The minimum absolute atomic E-state index is 0.119. The van der Waals surface area contributed by atoms with Crippen molar-refractivity contribution >= 4 is 43.0 Å². The molecule has 0 aliphatic heterocycles. The van der Waals surface area contributed by atoms with Crippen LogP contribution in [-0.2, 0) is 16.6 Å². The Morgan fingerprint density at radius 3 is 2.79 bits per heavy atom. The Kier molecular flexibility index (Phi) is 4.29. The summed E-state index contributed by atoms with van der Waals surface area (Å²) in [6.45, 7) is 1.59. The van der Waals surface area contributed by atoms with E-state index < -0.39 is 10.0 Å². The second kappa shape index (κ2) is 5.62. The third-order valence-electron chi connectivity index (χ3n) is 2.57. The first-order valence-corrected chi connectivity index (χ1v) is 8.56. The zero-order chi connectivity index (χ0) is 14.0. The van der Waals surface area contributed by atoms with E-state index in [0.29, 0.717) is 15.0 Å². The first-order valence-electron chi connectivity index (χ1n) is 5.41. The third-order valence-corrected chi connectivity index (χ3v) is 6.11. The van der Waals surface area contributed by atoms with Crippen LogP contribution in [0.2, 0.25) is 0 Å². The molecule has 4 nitrogen and oxygen atoms in total. The van der Waals surface area contributed by atoms with Crippen LogP contribution >= 0.6 is 27.3 Å². The largest absolute Gasteiger partial charge is 0.391 e. The van der Waals surface area contributed by atoms with Gasteiger partial charge in [0.2, 0.25) is 0 Å². The van der Waals surface area contributed by atoms with Gasteiger partial charge in [0.15, 0.2) is 0 Å². The fourth-order valence-electron chi connectivity index (χ4n) is 1.61. The first kappa shape index (κ1) is 14.5. The second-order valence-corrected chi connectivity index (χ2v) is 7.35. The molecule has 0 amide bonds. The van der Waals surface area contributed by atoms with Gasteiger partial charge >= 0.3 is 0 Å². The number of aryl methyl sites for hydroxylation is 1. The van der Waals surface area contributed by atoms with Gasteiger partial charge in [0.05, 0.1) is 17.2 Å². The summed E-state index contributed by atoms with van der Waals surface area (Å²) in [4.78, 5) is 0.546. The normalized spacial score (nSPS) is 11.5. The Bertz CT molecular complexity index is 695. The lowest BCUT2D eigenvalue weighted by atomic mass is 10.2. The summed E-state index contributed by atoms with van der Waals surface area (Å²) in [5.41, 5.74) is 1.42. The number of benzene rings is 1. The predicted octanol–water partition coefficient (Wildman–Crippen LogP) is 3.11. The van der Waals surface area contributed by atoms with Crippen molar-refractivity contribution in [2.24, 2.45) is 0 Å². The molecular formula is C12H12BrNO3S2. The van der Waals surface area contributed by atoms with Crippen molar-refractivity contribution < 1.29 is 13.5 Å². The van der Waals surface area contributed by atoms with E-state index in [1.54, 1.807) is 17.5 Å². The van der Waals surface area contributed by atoms with Crippen molar-refractivity contribution in [1.82, 2.24) is 0 Å². The molecule has 0 aliphatic rings. The van der Waals surface area contributed by atoms with Crippen LogP contribution in [0.25, 0.3) is 0 Å². The molecule has 0 spiro atoms. The van der Waals surface area contributed by atoms with Gasteiger partial charge in [-0.25, -0.2) is 8.42 Å². The predicted molar refractivity (Wildman–Crippen MR) is 79.9 cm³/mol. The van der Waals surface area contributed by atoms with Crippen LogP contribution in [0.4, 0.5) is 5.69 Å². The number of aliphatic hydroxyl groups is 1. The van der Waals surface area contributed by atoms with Crippen LogP contribution in [0.5, 0.6) is 0 Å². The number of nitrogens with one attached hydrogen (secondary N) is 1. The average molecular weight is 362 g/mol. The number of hydrogen-bond acceptors (Lipinski definition) is 4. The van der Waals surface area contributed by atoms with E-state index in [1.807, 2.05) is 13.0 Å². The molecule has 7 heteroatoms. The minimum atomic E-state index is -3.68. The van der Waals surface area contributed by atoms with Gasteiger partial charge in [0, 0.05) is 4.47 Å². The molecule has 102 valence electrons. The number of thiophene rings is 1. The van der Waals surface area contributed by atoms with Crippen LogP contribution in [-0.4, -0.2) is 13.5 Å². The van der Waals surface area contributed by atoms with Crippen molar-refractivity contribution in [1.29, 1.82) is 0 Å². The van der Waals surface area contributed by atoms with Crippen LogP contribution in [0.15, 0.2) is 39.0 Å². The van der Waals surface area contributed by atoms with Gasteiger partial charge in [-0.15, -0.1) is 11.3 Å². The molecule has 0 saturated carbocycles. The molecule has 1 aromatic carbocycles. The van der Waals surface area contributed by atoms with E-state index in [-0.39, 0.29) is 11.5 Å². The number of halogens is 1. The van der Waals surface area contributed by atoms with E-state index in [2.05, 4.69) is 20.7 Å². The smallest absolute Gasteiger partial charge is 0.263 e. The molecule has 1 aromatic heterocycles. The average Bonchev–Trinajstić information content (AvgIpc) is 2.84. The summed E-state index contributed by atoms with van der Waals surface area (Å²) in [6.07, 6.45) is 0. The van der Waals surface area contributed by atoms with Gasteiger partial charge in [-0.05, 0) is 45.9 Å². The maximum atomic E-state index is 12.3. The lowest BCUT2D eigenvalue weighted by Crippen LogP contribution is -2.14. The van der Waals surface area contributed by atoms with Gasteiger partial charge in [-0.1, -0.05) is 12.1 Å². The van der Waals surface area contributed by atoms with Gasteiger partial charge in [0.25, 0.3) is 10.0 Å². The zero-order valence-corrected chi connectivity index (χ0v) is 13.3. The number of rotatable bonds is 4. The summed E-state index contributed by atoms with van der Waals surface area (Å²) in [5.74, 6) is 0. The van der Waals surface area contributed by atoms with E-state index >= 15 is 0 Å². The molecule has 2 N–H and O–H groups in total. The van der Waals surface area contributed by atoms with Gasteiger partial charge in [-0.2, -0.15) is 0 Å². The Hall–Kier alpha value is -0.890. The highest BCUT2D eigenvalue weighted by Crippen LogP contribution is 2.29. The Labute approximate surface area is 124 Å². The van der Waals surface area contributed by atoms with Crippen molar-refractivity contribution in [2.75, 3.05) is 4.72 Å². The molecule has 0 fully saturated rings. The van der Waals surface area contributed by atoms with Gasteiger partial charge in [0.1, 0.15) is 4.90 Å². The fraction of sp³-hybridized carbons (Fsp3) is 0.167. The highest BCUT2D eigenvalue weighted by molar-refractivity contribution is 9.10. The van der Waals surface area contributed by atoms with Crippen molar-refractivity contribution in [2.45, 2.75) is 18.4 Å². The maximum Gasteiger partial charge on any atom is 0.263 e. The van der Waals surface area contributed by atoms with Crippen molar-refractivity contribution in [3.63, 3.8) is 0 Å². The third kappa shape index (κ3) is 3.00. The quantitative estimate of drug-likeness (QED) is 0.878. The van der Waals surface area contributed by atoms with Crippen molar-refractivity contribution in [3.8, 4) is 0 Å². The van der Waals surface area contributed by atoms with Gasteiger partial charge in [-0.3, -0.25) is 4.72 Å². The Balaban J connectivity index is 2.40. The topological polar surface area (TPSA) is 66.4 Å². The molecule has 0 radical (unpaired) electrons. The summed E-state index contributed by atoms with van der Waals surface area (Å²) in [6, 6.07) is 6.83. The Morgan fingerprint density at radius 2 is 2.11 bits per heavy atom. The number of aliphatic hydroxyl groups excluding tert-OH is 1. The molecule has 0 bridgehead atoms. The van der Waals surface area contributed by atoms with Crippen molar-refractivity contribution in [3.05, 3.63) is 44.6 Å². The fourth-order valence-corrected chi connectivity index (χ4v) is 4.47.